The van der Waals surface area contributed by atoms with Crippen LogP contribution in [-0.2, 0) is 4.79 Å². The van der Waals surface area contributed by atoms with Gasteiger partial charge in [0, 0.05) is 0 Å². The number of fused-ring (bicyclic) bond motifs is 3. The average molecular weight is 325 g/mol. The molecule has 0 bridgehead atoms. The fourth-order valence-corrected chi connectivity index (χ4v) is 3.21. The van der Waals surface area contributed by atoms with Crippen molar-refractivity contribution < 1.29 is 4.79 Å². The fraction of sp³-hybridized carbons (Fsp3) is 0.250. The number of para-hydroxylation sites is 1. The predicted molar refractivity (Wildman–Crippen MR) is 91.9 cm³/mol. The molecule has 2 aromatic rings. The van der Waals surface area contributed by atoms with E-state index in [1.54, 1.807) is 33.9 Å². The first kappa shape index (κ1) is 14.2. The summed E-state index contributed by atoms with van der Waals surface area (Å²) in [6.45, 7) is 0. The van der Waals surface area contributed by atoms with Crippen LogP contribution in [0.25, 0.3) is 5.69 Å². The molecule has 2 aliphatic heterocycles. The molecule has 0 spiro atoms. The van der Waals surface area contributed by atoms with Crippen LogP contribution in [0.2, 0.25) is 0 Å². The summed E-state index contributed by atoms with van der Waals surface area (Å²) in [5, 5.41) is 4.42. The third kappa shape index (κ3) is 2.28. The number of aliphatic imine (C=N–C) groups is 2. The summed E-state index contributed by atoms with van der Waals surface area (Å²) in [6.07, 6.45) is 6.07. The third-order valence-corrected chi connectivity index (χ3v) is 4.55. The predicted octanol–water partition coefficient (Wildman–Crippen LogP) is 2.26. The van der Waals surface area contributed by atoms with E-state index in [-0.39, 0.29) is 11.9 Å². The van der Waals surface area contributed by atoms with Crippen LogP contribution in [0.1, 0.15) is 12.0 Å². The molecule has 4 rings (SSSR count). The van der Waals surface area contributed by atoms with Crippen LogP contribution in [0.15, 0.2) is 46.5 Å². The van der Waals surface area contributed by atoms with Gasteiger partial charge in [0.25, 0.3) is 5.91 Å². The van der Waals surface area contributed by atoms with Gasteiger partial charge in [-0.25, -0.2) is 9.67 Å². The minimum absolute atomic E-state index is 0.00379. The lowest BCUT2D eigenvalue weighted by Gasteiger charge is -2.17. The fourth-order valence-electron chi connectivity index (χ4n) is 2.75. The van der Waals surface area contributed by atoms with Gasteiger partial charge in [-0.3, -0.25) is 14.7 Å². The molecule has 1 atom stereocenters. The van der Waals surface area contributed by atoms with Crippen LogP contribution in [0, 0.1) is 0 Å². The first-order chi connectivity index (χ1) is 11.3. The standard InChI is InChI=1S/C16H15N5OS/c1-23-8-7-13-16(22)20-10-17-14-12(15(20)19-13)9-18-21(14)11-5-3-2-4-6-11/h2-6,9-10,13H,7-8H2,1H3. The summed E-state index contributed by atoms with van der Waals surface area (Å²) in [5.74, 6) is 2.28. The van der Waals surface area contributed by atoms with Crippen molar-refractivity contribution in [2.45, 2.75) is 12.5 Å². The zero-order valence-corrected chi connectivity index (χ0v) is 13.4. The van der Waals surface area contributed by atoms with Crippen LogP contribution in [-0.4, -0.2) is 50.8 Å². The molecule has 0 aliphatic carbocycles. The third-order valence-electron chi connectivity index (χ3n) is 3.91. The molecule has 2 aliphatic rings. The number of nitrogens with zero attached hydrogens (tertiary/aromatic N) is 5. The van der Waals surface area contributed by atoms with Gasteiger partial charge >= 0.3 is 0 Å². The summed E-state index contributed by atoms with van der Waals surface area (Å²) in [5.41, 5.74) is 1.74. The van der Waals surface area contributed by atoms with E-state index >= 15 is 0 Å². The van der Waals surface area contributed by atoms with Crippen molar-refractivity contribution >= 4 is 35.7 Å². The van der Waals surface area contributed by atoms with Gasteiger partial charge in [0.1, 0.15) is 18.2 Å². The van der Waals surface area contributed by atoms with Crippen molar-refractivity contribution in [1.29, 1.82) is 0 Å². The average Bonchev–Trinajstić information content (AvgIpc) is 3.15. The lowest BCUT2D eigenvalue weighted by atomic mass is 10.2. The number of carbonyl (C=O) groups excluding carboxylic acids is 1. The highest BCUT2D eigenvalue weighted by molar-refractivity contribution is 7.98. The SMILES string of the molecule is CSCCC1N=C2c3cnn(-c4ccccc4)c3N=CN2C1=O. The zero-order valence-electron chi connectivity index (χ0n) is 12.6. The first-order valence-electron chi connectivity index (χ1n) is 7.37. The van der Waals surface area contributed by atoms with Gasteiger partial charge in [-0.1, -0.05) is 18.2 Å². The van der Waals surface area contributed by atoms with Crippen LogP contribution in [0.5, 0.6) is 0 Å². The highest BCUT2D eigenvalue weighted by Gasteiger charge is 2.38. The first-order valence-corrected chi connectivity index (χ1v) is 8.77. The zero-order chi connectivity index (χ0) is 15.8. The van der Waals surface area contributed by atoms with Crippen LogP contribution in [0.3, 0.4) is 0 Å². The number of benzene rings is 1. The number of thioether (sulfide) groups is 1. The molecule has 1 unspecified atom stereocenters. The molecule has 0 saturated carbocycles. The summed E-state index contributed by atoms with van der Waals surface area (Å²) >= 11 is 1.72. The van der Waals surface area contributed by atoms with E-state index in [1.807, 2.05) is 36.6 Å². The normalized spacial score (nSPS) is 18.8. The molecular formula is C16H15N5OS. The van der Waals surface area contributed by atoms with Crippen molar-refractivity contribution in [2.24, 2.45) is 9.98 Å². The molecule has 23 heavy (non-hydrogen) atoms. The Morgan fingerprint density at radius 2 is 2.09 bits per heavy atom. The Labute approximate surface area is 137 Å². The summed E-state index contributed by atoms with van der Waals surface area (Å²) in [4.78, 5) is 23.0. The highest BCUT2D eigenvalue weighted by Crippen LogP contribution is 2.31. The van der Waals surface area contributed by atoms with Gasteiger partial charge in [-0.05, 0) is 30.6 Å². The van der Waals surface area contributed by atoms with E-state index < -0.39 is 0 Å². The van der Waals surface area contributed by atoms with E-state index in [2.05, 4.69) is 15.1 Å². The summed E-state index contributed by atoms with van der Waals surface area (Å²) < 4.78 is 1.77. The van der Waals surface area contributed by atoms with E-state index in [0.717, 1.165) is 23.4 Å². The smallest absolute Gasteiger partial charge is 0.258 e. The Morgan fingerprint density at radius 3 is 2.87 bits per heavy atom. The molecule has 1 amide bonds. The maximum absolute atomic E-state index is 12.4. The van der Waals surface area contributed by atoms with Crippen molar-refractivity contribution in [3.63, 3.8) is 0 Å². The molecule has 1 aromatic carbocycles. The van der Waals surface area contributed by atoms with E-state index in [0.29, 0.717) is 11.7 Å². The molecule has 0 radical (unpaired) electrons. The monoisotopic (exact) mass is 325 g/mol. The molecule has 1 aromatic heterocycles. The molecule has 0 N–H and O–H groups in total. The molecular weight excluding hydrogens is 310 g/mol. The summed E-state index contributed by atoms with van der Waals surface area (Å²) in [7, 11) is 0. The number of carbonyl (C=O) groups is 1. The Hall–Kier alpha value is -2.41. The molecule has 0 saturated heterocycles. The Kier molecular flexibility index (Phi) is 3.49. The second kappa shape index (κ2) is 5.66. The maximum atomic E-state index is 12.4. The number of rotatable bonds is 4. The van der Waals surface area contributed by atoms with Crippen molar-refractivity contribution in [3.8, 4) is 5.69 Å². The Bertz CT molecular complexity index is 811. The van der Waals surface area contributed by atoms with Gasteiger partial charge in [-0.2, -0.15) is 16.9 Å². The van der Waals surface area contributed by atoms with Gasteiger partial charge in [0.05, 0.1) is 17.4 Å². The van der Waals surface area contributed by atoms with Gasteiger partial charge < -0.3 is 0 Å². The van der Waals surface area contributed by atoms with Crippen molar-refractivity contribution in [1.82, 2.24) is 14.7 Å². The topological polar surface area (TPSA) is 62.9 Å². The van der Waals surface area contributed by atoms with E-state index in [4.69, 9.17) is 0 Å². The molecule has 0 fully saturated rings. The number of amides is 1. The van der Waals surface area contributed by atoms with Gasteiger partial charge in [0.2, 0.25) is 0 Å². The number of aromatic nitrogens is 2. The van der Waals surface area contributed by atoms with Crippen molar-refractivity contribution in [2.75, 3.05) is 12.0 Å². The number of amidine groups is 1. The van der Waals surface area contributed by atoms with Crippen LogP contribution < -0.4 is 0 Å². The van der Waals surface area contributed by atoms with Gasteiger partial charge in [0.15, 0.2) is 5.82 Å². The minimum Gasteiger partial charge on any atom is -0.272 e. The maximum Gasteiger partial charge on any atom is 0.258 e. The largest absolute Gasteiger partial charge is 0.272 e. The molecule has 7 heteroatoms. The second-order valence-electron chi connectivity index (χ2n) is 5.33. The van der Waals surface area contributed by atoms with Crippen LogP contribution in [0.4, 0.5) is 5.82 Å². The Morgan fingerprint density at radius 1 is 1.26 bits per heavy atom. The van der Waals surface area contributed by atoms with Crippen molar-refractivity contribution in [3.05, 3.63) is 42.1 Å². The van der Waals surface area contributed by atoms with Gasteiger partial charge in [-0.15, -0.1) is 0 Å². The lowest BCUT2D eigenvalue weighted by molar-refractivity contribution is -0.124. The quantitative estimate of drug-likeness (QED) is 0.866. The molecule has 116 valence electrons. The molecule has 6 nitrogen and oxygen atoms in total. The second-order valence-corrected chi connectivity index (χ2v) is 6.32. The summed E-state index contributed by atoms with van der Waals surface area (Å²) in [6, 6.07) is 9.50. The molecule has 3 heterocycles. The van der Waals surface area contributed by atoms with E-state index in [9.17, 15) is 4.79 Å². The minimum atomic E-state index is -0.310. The van der Waals surface area contributed by atoms with E-state index in [1.165, 1.54) is 0 Å². The number of hydrogen-bond acceptors (Lipinski definition) is 5. The lowest BCUT2D eigenvalue weighted by Crippen LogP contribution is -2.36. The highest BCUT2D eigenvalue weighted by atomic mass is 32.2. The Balaban J connectivity index is 1.73. The number of hydrogen-bond donors (Lipinski definition) is 0. The van der Waals surface area contributed by atoms with Crippen LogP contribution >= 0.6 is 11.8 Å².